The van der Waals surface area contributed by atoms with Crippen LogP contribution in [0.25, 0.3) is 0 Å². The summed E-state index contributed by atoms with van der Waals surface area (Å²) in [6.45, 7) is 0. The molecule has 0 saturated heterocycles. The van der Waals surface area contributed by atoms with E-state index in [1.165, 1.54) is 0 Å². The molecule has 2 heteroatoms. The molecule has 0 amide bonds. The van der Waals surface area contributed by atoms with E-state index in [2.05, 4.69) is 21.7 Å². The van der Waals surface area contributed by atoms with Gasteiger partial charge < -0.3 is 4.79 Å². The second-order valence-electron chi connectivity index (χ2n) is 2.31. The van der Waals surface area contributed by atoms with Crippen molar-refractivity contribution in [3.05, 3.63) is 12.2 Å². The average Bonchev–Trinajstić information content (AvgIpc) is 2.16. The molecule has 13 heavy (non-hydrogen) atoms. The Hall–Kier alpha value is -0.740. The highest BCUT2D eigenvalue weighted by Crippen LogP contribution is 1.95. The summed E-state index contributed by atoms with van der Waals surface area (Å²) in [5.74, 6) is 8.62. The minimum Gasteiger partial charge on any atom is -0.303 e. The van der Waals surface area contributed by atoms with E-state index in [-0.39, 0.29) is 0 Å². The number of unbranched alkanes of at least 4 members (excludes halogenated alkanes) is 3. The van der Waals surface area contributed by atoms with Gasteiger partial charge in [-0.05, 0) is 28.9 Å². The Kier molecular flexibility index (Phi) is 10.6. The van der Waals surface area contributed by atoms with Crippen molar-refractivity contribution in [2.75, 3.05) is 0 Å². The van der Waals surface area contributed by atoms with Crippen LogP contribution in [0.4, 0.5) is 0 Å². The van der Waals surface area contributed by atoms with Crippen molar-refractivity contribution in [2.24, 2.45) is 0 Å². The van der Waals surface area contributed by atoms with Gasteiger partial charge in [0.25, 0.3) is 0 Å². The van der Waals surface area contributed by atoms with E-state index in [9.17, 15) is 4.79 Å². The van der Waals surface area contributed by atoms with Gasteiger partial charge in [-0.3, -0.25) is 0 Å². The third-order valence-electron chi connectivity index (χ3n) is 1.28. The number of hydrogen-bond donors (Lipinski definition) is 0. The summed E-state index contributed by atoms with van der Waals surface area (Å²) in [5.41, 5.74) is 0. The lowest BCUT2D eigenvalue weighted by molar-refractivity contribution is -0.107. The first-order chi connectivity index (χ1) is 6.41. The van der Waals surface area contributed by atoms with Crippen LogP contribution in [0.3, 0.4) is 0 Å². The number of aldehydes is 1. The molecule has 0 unspecified atom stereocenters. The summed E-state index contributed by atoms with van der Waals surface area (Å²) in [7, 11) is 0. The number of halogens is 1. The van der Waals surface area contributed by atoms with Crippen molar-refractivity contribution < 1.29 is 4.79 Å². The predicted molar refractivity (Wildman–Crippen MR) is 63.2 cm³/mol. The van der Waals surface area contributed by atoms with E-state index in [0.717, 1.165) is 25.5 Å². The van der Waals surface area contributed by atoms with Crippen LogP contribution in [0.2, 0.25) is 0 Å². The molecule has 0 atom stereocenters. The lowest BCUT2D eigenvalue weighted by atomic mass is 10.2. The zero-order chi connectivity index (χ0) is 9.78. The Morgan fingerprint density at radius 3 is 2.62 bits per heavy atom. The van der Waals surface area contributed by atoms with Gasteiger partial charge in [0.2, 0.25) is 0 Å². The Morgan fingerprint density at radius 1 is 1.15 bits per heavy atom. The second-order valence-corrected chi connectivity index (χ2v) is 2.85. The van der Waals surface area contributed by atoms with E-state index in [0.29, 0.717) is 6.42 Å². The van der Waals surface area contributed by atoms with Crippen LogP contribution in [0.5, 0.6) is 0 Å². The number of allylic oxidation sites excluding steroid dienone is 2. The topological polar surface area (TPSA) is 17.1 Å². The molecule has 0 fully saturated rings. The van der Waals surface area contributed by atoms with Crippen LogP contribution >= 0.6 is 22.6 Å². The van der Waals surface area contributed by atoms with Crippen LogP contribution in [-0.4, -0.2) is 6.29 Å². The smallest absolute Gasteiger partial charge is 0.119 e. The molecule has 0 aromatic carbocycles. The van der Waals surface area contributed by atoms with Gasteiger partial charge in [0.05, 0.1) is 0 Å². The maximum absolute atomic E-state index is 9.95. The van der Waals surface area contributed by atoms with E-state index < -0.39 is 0 Å². The van der Waals surface area contributed by atoms with Gasteiger partial charge in [-0.15, -0.1) is 0 Å². The minimum absolute atomic E-state index is 0.651. The fourth-order valence-electron chi connectivity index (χ4n) is 0.687. The first-order valence-corrected chi connectivity index (χ1v) is 5.18. The summed E-state index contributed by atoms with van der Waals surface area (Å²) in [6, 6.07) is 0. The molecule has 0 saturated carbocycles. The van der Waals surface area contributed by atoms with Crippen LogP contribution in [-0.2, 0) is 4.79 Å². The first kappa shape index (κ1) is 12.3. The van der Waals surface area contributed by atoms with E-state index in [1.807, 2.05) is 22.6 Å². The first-order valence-electron chi connectivity index (χ1n) is 4.10. The zero-order valence-electron chi connectivity index (χ0n) is 7.35. The van der Waals surface area contributed by atoms with Crippen molar-refractivity contribution in [3.8, 4) is 21.7 Å². The van der Waals surface area contributed by atoms with Gasteiger partial charge in [0, 0.05) is 35.4 Å². The van der Waals surface area contributed by atoms with E-state index in [4.69, 9.17) is 0 Å². The number of carbonyl (C=O) groups excluding carboxylic acids is 1. The fraction of sp³-hybridized carbons (Fsp3) is 0.364. The van der Waals surface area contributed by atoms with Crippen LogP contribution < -0.4 is 0 Å². The molecular formula is C11H11IO. The highest BCUT2D eigenvalue weighted by molar-refractivity contribution is 14.1. The summed E-state index contributed by atoms with van der Waals surface area (Å²) in [4.78, 5) is 9.95. The van der Waals surface area contributed by atoms with Gasteiger partial charge >= 0.3 is 0 Å². The molecule has 0 bridgehead atoms. The summed E-state index contributed by atoms with van der Waals surface area (Å²) in [5, 5.41) is 0. The predicted octanol–water partition coefficient (Wildman–Crippen LogP) is 2.70. The third kappa shape index (κ3) is 11.3. The molecule has 0 rings (SSSR count). The van der Waals surface area contributed by atoms with Crippen molar-refractivity contribution in [2.45, 2.75) is 25.7 Å². The normalized spacial score (nSPS) is 8.38. The SMILES string of the molecule is O=CCCCCC#C/C=C\C#CI. The van der Waals surface area contributed by atoms with Crippen molar-refractivity contribution in [3.63, 3.8) is 0 Å². The quantitative estimate of drug-likeness (QED) is 0.336. The molecule has 0 aliphatic carbocycles. The van der Waals surface area contributed by atoms with Gasteiger partial charge in [-0.1, -0.05) is 17.8 Å². The number of carbonyl (C=O) groups is 1. The lowest BCUT2D eigenvalue weighted by Crippen LogP contribution is -1.75. The molecule has 0 aliphatic heterocycles. The standard InChI is InChI=1S/C11H11IO/c12-10-8-6-4-2-1-3-5-7-9-11-13/h4,6,11H,3,5,7,9H2/b6-4-. The molecule has 0 aromatic rings. The third-order valence-corrected chi connectivity index (χ3v) is 1.59. The van der Waals surface area contributed by atoms with Gasteiger partial charge in [-0.2, -0.15) is 0 Å². The molecule has 0 aromatic heterocycles. The molecule has 1 nitrogen and oxygen atoms in total. The Bertz CT molecular complexity index is 270. The van der Waals surface area contributed by atoms with Crippen molar-refractivity contribution in [1.29, 1.82) is 0 Å². The zero-order valence-corrected chi connectivity index (χ0v) is 9.50. The monoisotopic (exact) mass is 286 g/mol. The molecule has 0 heterocycles. The minimum atomic E-state index is 0.651. The Morgan fingerprint density at radius 2 is 1.92 bits per heavy atom. The van der Waals surface area contributed by atoms with E-state index >= 15 is 0 Å². The van der Waals surface area contributed by atoms with Crippen molar-refractivity contribution >= 4 is 28.9 Å². The summed E-state index contributed by atoms with van der Waals surface area (Å²) >= 11 is 1.98. The van der Waals surface area contributed by atoms with Crippen LogP contribution in [0.1, 0.15) is 25.7 Å². The summed E-state index contributed by atoms with van der Waals surface area (Å²) < 4.78 is 2.71. The van der Waals surface area contributed by atoms with Crippen LogP contribution in [0.15, 0.2) is 12.2 Å². The molecule has 0 spiro atoms. The average molecular weight is 286 g/mol. The highest BCUT2D eigenvalue weighted by atomic mass is 127. The number of hydrogen-bond acceptors (Lipinski definition) is 1. The van der Waals surface area contributed by atoms with Crippen molar-refractivity contribution in [1.82, 2.24) is 0 Å². The summed E-state index contributed by atoms with van der Waals surface area (Å²) in [6.07, 6.45) is 7.86. The second kappa shape index (κ2) is 11.3. The molecule has 0 N–H and O–H groups in total. The highest BCUT2D eigenvalue weighted by Gasteiger charge is 1.82. The molecule has 68 valence electrons. The van der Waals surface area contributed by atoms with Gasteiger partial charge in [-0.25, -0.2) is 0 Å². The number of rotatable bonds is 4. The molecule has 0 radical (unpaired) electrons. The maximum atomic E-state index is 9.95. The van der Waals surface area contributed by atoms with E-state index in [1.54, 1.807) is 12.2 Å². The van der Waals surface area contributed by atoms with Crippen LogP contribution in [0, 0.1) is 21.7 Å². The molecular weight excluding hydrogens is 275 g/mol. The van der Waals surface area contributed by atoms with Gasteiger partial charge in [0.15, 0.2) is 0 Å². The maximum Gasteiger partial charge on any atom is 0.119 e. The largest absolute Gasteiger partial charge is 0.303 e. The Balaban J connectivity index is 3.38. The van der Waals surface area contributed by atoms with Gasteiger partial charge in [0.1, 0.15) is 6.29 Å². The fourth-order valence-corrected chi connectivity index (χ4v) is 0.867. The Labute approximate surface area is 93.1 Å². The molecule has 0 aliphatic rings. The lowest BCUT2D eigenvalue weighted by Gasteiger charge is -1.86.